The molecular weight excluding hydrogens is 366 g/mol. The normalized spacial score (nSPS) is 11.0. The molecule has 3 heterocycles. The number of fused-ring (bicyclic) bond motifs is 1. The summed E-state index contributed by atoms with van der Waals surface area (Å²) in [6, 6.07) is 12.9. The van der Waals surface area contributed by atoms with Crippen molar-refractivity contribution in [1.82, 2.24) is 14.9 Å². The number of nitrogens with one attached hydrogen (secondary N) is 1. The second-order valence-electron chi connectivity index (χ2n) is 7.10. The lowest BCUT2D eigenvalue weighted by atomic mass is 10.0. The fourth-order valence-electron chi connectivity index (χ4n) is 3.36. The number of nitrogens with zero attached hydrogens (tertiary/aromatic N) is 2. The van der Waals surface area contributed by atoms with Crippen LogP contribution in [0.25, 0.3) is 10.9 Å². The van der Waals surface area contributed by atoms with Gasteiger partial charge in [-0.15, -0.1) is 0 Å². The molecule has 3 aromatic heterocycles. The highest BCUT2D eigenvalue weighted by Gasteiger charge is 2.20. The molecule has 0 saturated heterocycles. The molecule has 0 bridgehead atoms. The number of rotatable bonds is 5. The van der Waals surface area contributed by atoms with E-state index in [1.807, 2.05) is 44.2 Å². The van der Waals surface area contributed by atoms with Crippen LogP contribution in [0, 0.1) is 13.8 Å². The average molecular weight is 387 g/mol. The van der Waals surface area contributed by atoms with E-state index in [2.05, 4.69) is 9.97 Å². The van der Waals surface area contributed by atoms with Gasteiger partial charge in [-0.05, 0) is 60.2 Å². The van der Waals surface area contributed by atoms with Gasteiger partial charge in [0.1, 0.15) is 0 Å². The van der Waals surface area contributed by atoms with E-state index >= 15 is 0 Å². The molecule has 0 aliphatic heterocycles. The van der Waals surface area contributed by atoms with Gasteiger partial charge in [0.25, 0.3) is 11.5 Å². The standard InChI is InChI=1S/C23H21N3O3/c1-15-7-8-18-11-19(22(27)25-21(18)16(15)2)14-26(13-17-5-3-9-24-12-17)23(28)20-6-4-10-29-20/h3-12H,13-14H2,1-2H3,(H,25,27). The largest absolute Gasteiger partial charge is 0.459 e. The summed E-state index contributed by atoms with van der Waals surface area (Å²) < 4.78 is 5.29. The first kappa shape index (κ1) is 18.7. The average Bonchev–Trinajstić information content (AvgIpc) is 3.26. The predicted molar refractivity (Wildman–Crippen MR) is 111 cm³/mol. The van der Waals surface area contributed by atoms with E-state index in [1.54, 1.807) is 29.4 Å². The fraction of sp³-hybridized carbons (Fsp3) is 0.174. The minimum atomic E-state index is -0.279. The first-order valence-corrected chi connectivity index (χ1v) is 9.37. The van der Waals surface area contributed by atoms with Gasteiger partial charge in [-0.25, -0.2) is 0 Å². The van der Waals surface area contributed by atoms with Gasteiger partial charge in [-0.1, -0.05) is 18.2 Å². The van der Waals surface area contributed by atoms with E-state index in [0.717, 1.165) is 27.6 Å². The third-order valence-corrected chi connectivity index (χ3v) is 5.10. The maximum Gasteiger partial charge on any atom is 0.290 e. The number of amides is 1. The van der Waals surface area contributed by atoms with Crippen LogP contribution >= 0.6 is 0 Å². The van der Waals surface area contributed by atoms with Gasteiger partial charge in [0.15, 0.2) is 5.76 Å². The lowest BCUT2D eigenvalue weighted by molar-refractivity contribution is 0.0697. The molecule has 4 aromatic rings. The molecule has 6 heteroatoms. The number of aromatic amines is 1. The Kier molecular flexibility index (Phi) is 4.99. The SMILES string of the molecule is Cc1ccc2cc(CN(Cc3cccnc3)C(=O)c3ccco3)c(=O)[nH]c2c1C. The number of benzene rings is 1. The molecule has 1 aromatic carbocycles. The van der Waals surface area contributed by atoms with Gasteiger partial charge in [-0.3, -0.25) is 14.6 Å². The molecule has 0 radical (unpaired) electrons. The molecule has 1 N–H and O–H groups in total. The van der Waals surface area contributed by atoms with Gasteiger partial charge in [0.2, 0.25) is 0 Å². The van der Waals surface area contributed by atoms with Crippen LogP contribution in [0.5, 0.6) is 0 Å². The van der Waals surface area contributed by atoms with Gasteiger partial charge in [0, 0.05) is 24.5 Å². The highest BCUT2D eigenvalue weighted by molar-refractivity contribution is 5.91. The molecule has 0 unspecified atom stereocenters. The van der Waals surface area contributed by atoms with Crippen molar-refractivity contribution >= 4 is 16.8 Å². The van der Waals surface area contributed by atoms with E-state index < -0.39 is 0 Å². The van der Waals surface area contributed by atoms with Gasteiger partial charge in [0.05, 0.1) is 18.3 Å². The highest BCUT2D eigenvalue weighted by atomic mass is 16.3. The lowest BCUT2D eigenvalue weighted by Gasteiger charge is -2.22. The number of aryl methyl sites for hydroxylation is 2. The Morgan fingerprint density at radius 2 is 2.00 bits per heavy atom. The molecule has 6 nitrogen and oxygen atoms in total. The predicted octanol–water partition coefficient (Wildman–Crippen LogP) is 3.98. The maximum absolute atomic E-state index is 13.0. The van der Waals surface area contributed by atoms with Crippen LogP contribution in [-0.4, -0.2) is 20.8 Å². The quantitative estimate of drug-likeness (QED) is 0.562. The molecule has 29 heavy (non-hydrogen) atoms. The number of pyridine rings is 2. The van der Waals surface area contributed by atoms with Gasteiger partial charge >= 0.3 is 0 Å². The van der Waals surface area contributed by atoms with E-state index in [0.29, 0.717) is 12.1 Å². The maximum atomic E-state index is 13.0. The Bertz CT molecular complexity index is 1210. The zero-order chi connectivity index (χ0) is 20.4. The van der Waals surface area contributed by atoms with Crippen molar-refractivity contribution in [2.24, 2.45) is 0 Å². The minimum Gasteiger partial charge on any atom is -0.459 e. The molecule has 0 aliphatic carbocycles. The molecule has 4 rings (SSSR count). The fourth-order valence-corrected chi connectivity index (χ4v) is 3.36. The van der Waals surface area contributed by atoms with Crippen LogP contribution in [0.4, 0.5) is 0 Å². The number of aromatic nitrogens is 2. The molecule has 0 atom stereocenters. The second kappa shape index (κ2) is 7.75. The van der Waals surface area contributed by atoms with Crippen molar-refractivity contribution < 1.29 is 9.21 Å². The summed E-state index contributed by atoms with van der Waals surface area (Å²) in [7, 11) is 0. The Balaban J connectivity index is 1.72. The highest BCUT2D eigenvalue weighted by Crippen LogP contribution is 2.20. The number of hydrogen-bond donors (Lipinski definition) is 1. The number of furan rings is 1. The van der Waals surface area contributed by atoms with E-state index in [9.17, 15) is 9.59 Å². The van der Waals surface area contributed by atoms with Crippen molar-refractivity contribution in [2.75, 3.05) is 0 Å². The summed E-state index contributed by atoms with van der Waals surface area (Å²) in [4.78, 5) is 34.4. The zero-order valence-electron chi connectivity index (χ0n) is 16.3. The molecule has 146 valence electrons. The lowest BCUT2D eigenvalue weighted by Crippen LogP contribution is -2.32. The number of H-pyrrole nitrogens is 1. The van der Waals surface area contributed by atoms with Crippen LogP contribution < -0.4 is 5.56 Å². The first-order chi connectivity index (χ1) is 14.0. The summed E-state index contributed by atoms with van der Waals surface area (Å²) in [5.41, 5.74) is 4.18. The van der Waals surface area contributed by atoms with Crippen molar-refractivity contribution in [3.05, 3.63) is 99.5 Å². The Morgan fingerprint density at radius 3 is 2.72 bits per heavy atom. The van der Waals surface area contributed by atoms with Crippen LogP contribution in [0.2, 0.25) is 0 Å². The minimum absolute atomic E-state index is 0.159. The number of hydrogen-bond acceptors (Lipinski definition) is 4. The molecular formula is C23H21N3O3. The third kappa shape index (κ3) is 3.82. The van der Waals surface area contributed by atoms with Crippen LogP contribution in [0.1, 0.15) is 32.8 Å². The van der Waals surface area contributed by atoms with Crippen molar-refractivity contribution in [3.63, 3.8) is 0 Å². The smallest absolute Gasteiger partial charge is 0.290 e. The van der Waals surface area contributed by atoms with Crippen LogP contribution in [0.15, 0.2) is 70.3 Å². The number of carbonyl (C=O) groups excluding carboxylic acids is 1. The molecule has 0 fully saturated rings. The molecule has 1 amide bonds. The topological polar surface area (TPSA) is 79.2 Å². The Morgan fingerprint density at radius 1 is 1.14 bits per heavy atom. The Hall–Kier alpha value is -3.67. The van der Waals surface area contributed by atoms with E-state index in [4.69, 9.17) is 4.42 Å². The van der Waals surface area contributed by atoms with Crippen molar-refractivity contribution in [3.8, 4) is 0 Å². The Labute approximate surface area is 167 Å². The molecule has 0 spiro atoms. The van der Waals surface area contributed by atoms with Crippen molar-refractivity contribution in [1.29, 1.82) is 0 Å². The van der Waals surface area contributed by atoms with Crippen LogP contribution in [0.3, 0.4) is 0 Å². The second-order valence-corrected chi connectivity index (χ2v) is 7.10. The summed E-state index contributed by atoms with van der Waals surface area (Å²) in [6.45, 7) is 4.48. The van der Waals surface area contributed by atoms with E-state index in [1.165, 1.54) is 6.26 Å². The molecule has 0 saturated carbocycles. The van der Waals surface area contributed by atoms with Crippen molar-refractivity contribution in [2.45, 2.75) is 26.9 Å². The van der Waals surface area contributed by atoms with Gasteiger partial charge < -0.3 is 14.3 Å². The summed E-state index contributed by atoms with van der Waals surface area (Å²) in [5.74, 6) is -0.0454. The monoisotopic (exact) mass is 387 g/mol. The summed E-state index contributed by atoms with van der Waals surface area (Å²) in [5, 5.41) is 0.939. The number of carbonyl (C=O) groups is 1. The first-order valence-electron chi connectivity index (χ1n) is 9.37. The van der Waals surface area contributed by atoms with Gasteiger partial charge in [-0.2, -0.15) is 0 Å². The van der Waals surface area contributed by atoms with Crippen LogP contribution in [-0.2, 0) is 13.1 Å². The van der Waals surface area contributed by atoms with E-state index in [-0.39, 0.29) is 23.8 Å². The summed E-state index contributed by atoms with van der Waals surface area (Å²) >= 11 is 0. The third-order valence-electron chi connectivity index (χ3n) is 5.10. The summed E-state index contributed by atoms with van der Waals surface area (Å²) in [6.07, 6.45) is 4.85. The molecule has 0 aliphatic rings. The zero-order valence-corrected chi connectivity index (χ0v) is 16.3.